The second kappa shape index (κ2) is 6.36. The molecule has 0 bridgehead atoms. The highest BCUT2D eigenvalue weighted by Gasteiger charge is 2.15. The number of carbonyl (C=O) groups excluding carboxylic acids is 1. The van der Waals surface area contributed by atoms with Gasteiger partial charge in [-0.25, -0.2) is 0 Å². The summed E-state index contributed by atoms with van der Waals surface area (Å²) in [5, 5.41) is 7.33. The van der Waals surface area contributed by atoms with Crippen LogP contribution in [0, 0.1) is 6.92 Å². The van der Waals surface area contributed by atoms with Crippen molar-refractivity contribution in [1.29, 1.82) is 0 Å². The maximum absolute atomic E-state index is 12.3. The van der Waals surface area contributed by atoms with E-state index < -0.39 is 5.91 Å². The number of aromatic amines is 1. The highest BCUT2D eigenvalue weighted by atomic mass is 16.5. The zero-order valence-corrected chi connectivity index (χ0v) is 13.9. The lowest BCUT2D eigenvalue weighted by molar-refractivity contribution is 0.0942. The Morgan fingerprint density at radius 2 is 2.08 bits per heavy atom. The van der Waals surface area contributed by atoms with Gasteiger partial charge in [-0.1, -0.05) is 16.8 Å². The van der Waals surface area contributed by atoms with Crippen LogP contribution in [-0.4, -0.2) is 16.0 Å². The summed E-state index contributed by atoms with van der Waals surface area (Å²) in [5.41, 5.74) is 2.19. The Morgan fingerprint density at radius 1 is 1.19 bits per heavy atom. The summed E-state index contributed by atoms with van der Waals surface area (Å²) >= 11 is 0. The van der Waals surface area contributed by atoms with Crippen LogP contribution in [-0.2, 0) is 6.54 Å². The molecule has 0 aliphatic rings. The minimum absolute atomic E-state index is 0.0843. The van der Waals surface area contributed by atoms with Gasteiger partial charge in [0.2, 0.25) is 5.76 Å². The Kier molecular flexibility index (Phi) is 3.89. The lowest BCUT2D eigenvalue weighted by Crippen LogP contribution is -2.26. The molecule has 0 atom stereocenters. The standard InChI is InChI=1S/C19H15N3O4/c1-11-4-5-14-12(7-11)8-13(18(23)21-14)10-20-19(24)15-9-17(26-22-15)16-3-2-6-25-16/h2-9H,10H2,1H3,(H,20,24)(H,21,23). The quantitative estimate of drug-likeness (QED) is 0.590. The molecule has 2 N–H and O–H groups in total. The van der Waals surface area contributed by atoms with Crippen molar-refractivity contribution in [2.24, 2.45) is 0 Å². The van der Waals surface area contributed by atoms with E-state index in [0.717, 1.165) is 16.5 Å². The number of pyridine rings is 1. The molecule has 4 aromatic rings. The second-order valence-electron chi connectivity index (χ2n) is 5.95. The number of H-pyrrole nitrogens is 1. The predicted octanol–water partition coefficient (Wildman–Crippen LogP) is 3.01. The number of fused-ring (bicyclic) bond motifs is 1. The smallest absolute Gasteiger partial charge is 0.273 e. The van der Waals surface area contributed by atoms with Crippen molar-refractivity contribution in [3.8, 4) is 11.5 Å². The molecule has 0 saturated heterocycles. The number of hydrogen-bond acceptors (Lipinski definition) is 5. The van der Waals surface area contributed by atoms with Gasteiger partial charge in [-0.05, 0) is 42.6 Å². The lowest BCUT2D eigenvalue weighted by Gasteiger charge is -2.05. The topological polar surface area (TPSA) is 101 Å². The van der Waals surface area contributed by atoms with Crippen molar-refractivity contribution in [3.05, 3.63) is 75.9 Å². The van der Waals surface area contributed by atoms with Crippen LogP contribution >= 0.6 is 0 Å². The first kappa shape index (κ1) is 15.9. The molecule has 0 aliphatic heterocycles. The van der Waals surface area contributed by atoms with Crippen LogP contribution in [0.25, 0.3) is 22.4 Å². The Bertz CT molecular complexity index is 1140. The summed E-state index contributed by atoms with van der Waals surface area (Å²) < 4.78 is 10.3. The minimum Gasteiger partial charge on any atom is -0.461 e. The van der Waals surface area contributed by atoms with Crippen molar-refractivity contribution in [3.63, 3.8) is 0 Å². The predicted molar refractivity (Wildman–Crippen MR) is 94.7 cm³/mol. The number of aryl methyl sites for hydroxylation is 1. The Labute approximate surface area is 147 Å². The maximum Gasteiger partial charge on any atom is 0.273 e. The number of carbonyl (C=O) groups is 1. The largest absolute Gasteiger partial charge is 0.461 e. The molecular weight excluding hydrogens is 334 g/mol. The molecule has 0 radical (unpaired) electrons. The fourth-order valence-corrected chi connectivity index (χ4v) is 2.69. The molecule has 4 rings (SSSR count). The molecule has 3 heterocycles. The number of nitrogens with one attached hydrogen (secondary N) is 2. The molecule has 3 aromatic heterocycles. The molecule has 7 heteroatoms. The number of rotatable bonds is 4. The zero-order valence-electron chi connectivity index (χ0n) is 13.9. The Morgan fingerprint density at radius 3 is 2.88 bits per heavy atom. The van der Waals surface area contributed by atoms with Crippen LogP contribution in [0.2, 0.25) is 0 Å². The van der Waals surface area contributed by atoms with Crippen LogP contribution in [0.5, 0.6) is 0 Å². The van der Waals surface area contributed by atoms with Crippen LogP contribution in [0.3, 0.4) is 0 Å². The van der Waals surface area contributed by atoms with Crippen molar-refractivity contribution in [2.45, 2.75) is 13.5 Å². The molecule has 7 nitrogen and oxygen atoms in total. The first-order valence-corrected chi connectivity index (χ1v) is 8.01. The summed E-state index contributed by atoms with van der Waals surface area (Å²) in [5.74, 6) is 0.410. The van der Waals surface area contributed by atoms with Crippen molar-refractivity contribution in [1.82, 2.24) is 15.5 Å². The SMILES string of the molecule is Cc1ccc2[nH]c(=O)c(CNC(=O)c3cc(-c4ccco4)on3)cc2c1. The molecule has 130 valence electrons. The molecule has 1 aromatic carbocycles. The van der Waals surface area contributed by atoms with Crippen molar-refractivity contribution in [2.75, 3.05) is 0 Å². The van der Waals surface area contributed by atoms with Gasteiger partial charge < -0.3 is 19.2 Å². The van der Waals surface area contributed by atoms with E-state index in [9.17, 15) is 9.59 Å². The zero-order chi connectivity index (χ0) is 18.1. The first-order chi connectivity index (χ1) is 12.6. The third-order valence-corrected chi connectivity index (χ3v) is 4.02. The third-order valence-electron chi connectivity index (χ3n) is 4.02. The summed E-state index contributed by atoms with van der Waals surface area (Å²) in [7, 11) is 0. The molecule has 0 unspecified atom stereocenters. The lowest BCUT2D eigenvalue weighted by atomic mass is 10.1. The summed E-state index contributed by atoms with van der Waals surface area (Å²) in [4.78, 5) is 27.2. The van der Waals surface area contributed by atoms with Gasteiger partial charge in [0.05, 0.1) is 6.26 Å². The maximum atomic E-state index is 12.3. The normalized spacial score (nSPS) is 11.0. The number of hydrogen-bond donors (Lipinski definition) is 2. The summed E-state index contributed by atoms with van der Waals surface area (Å²) in [6, 6.07) is 12.5. The van der Waals surface area contributed by atoms with Crippen molar-refractivity contribution >= 4 is 16.8 Å². The third kappa shape index (κ3) is 3.02. The molecule has 0 fully saturated rings. The molecular formula is C19H15N3O4. The second-order valence-corrected chi connectivity index (χ2v) is 5.95. The first-order valence-electron chi connectivity index (χ1n) is 8.01. The van der Waals surface area contributed by atoms with E-state index in [0.29, 0.717) is 17.1 Å². The van der Waals surface area contributed by atoms with E-state index in [2.05, 4.69) is 15.5 Å². The summed E-state index contributed by atoms with van der Waals surface area (Å²) in [6.45, 7) is 2.06. The van der Waals surface area contributed by atoms with E-state index in [1.54, 1.807) is 18.2 Å². The van der Waals surface area contributed by atoms with Gasteiger partial charge in [-0.15, -0.1) is 0 Å². The highest BCUT2D eigenvalue weighted by molar-refractivity contribution is 5.93. The van der Waals surface area contributed by atoms with E-state index in [-0.39, 0.29) is 17.8 Å². The van der Waals surface area contributed by atoms with Crippen LogP contribution in [0.1, 0.15) is 21.6 Å². The number of aromatic nitrogens is 2. The number of nitrogens with zero attached hydrogens (tertiary/aromatic N) is 1. The number of benzene rings is 1. The summed E-state index contributed by atoms with van der Waals surface area (Å²) in [6.07, 6.45) is 1.51. The molecule has 1 amide bonds. The van der Waals surface area contributed by atoms with Crippen LogP contribution in [0.4, 0.5) is 0 Å². The Hall–Kier alpha value is -3.61. The molecule has 0 saturated carbocycles. The number of furan rings is 1. The van der Waals surface area contributed by atoms with Gasteiger partial charge >= 0.3 is 0 Å². The average Bonchev–Trinajstić information content (AvgIpc) is 3.31. The van der Waals surface area contributed by atoms with Crippen LogP contribution in [0.15, 0.2) is 62.5 Å². The minimum atomic E-state index is -0.435. The van der Waals surface area contributed by atoms with Gasteiger partial charge in [0.25, 0.3) is 11.5 Å². The van der Waals surface area contributed by atoms with E-state index in [1.165, 1.54) is 12.3 Å². The van der Waals surface area contributed by atoms with Gasteiger partial charge in [0.1, 0.15) is 0 Å². The van der Waals surface area contributed by atoms with Gasteiger partial charge in [-0.2, -0.15) is 0 Å². The van der Waals surface area contributed by atoms with E-state index >= 15 is 0 Å². The van der Waals surface area contributed by atoms with Gasteiger partial charge in [0, 0.05) is 23.7 Å². The Balaban J connectivity index is 1.52. The van der Waals surface area contributed by atoms with Crippen LogP contribution < -0.4 is 10.9 Å². The van der Waals surface area contributed by atoms with E-state index in [4.69, 9.17) is 8.94 Å². The monoisotopic (exact) mass is 349 g/mol. The molecule has 0 spiro atoms. The highest BCUT2D eigenvalue weighted by Crippen LogP contribution is 2.20. The fourth-order valence-electron chi connectivity index (χ4n) is 2.69. The molecule has 0 aliphatic carbocycles. The van der Waals surface area contributed by atoms with Gasteiger partial charge in [-0.3, -0.25) is 9.59 Å². The average molecular weight is 349 g/mol. The van der Waals surface area contributed by atoms with E-state index in [1.807, 2.05) is 25.1 Å². The number of amides is 1. The van der Waals surface area contributed by atoms with Gasteiger partial charge in [0.15, 0.2) is 11.5 Å². The fraction of sp³-hybridized carbons (Fsp3) is 0.105. The molecule has 26 heavy (non-hydrogen) atoms. The van der Waals surface area contributed by atoms with Crippen molar-refractivity contribution < 1.29 is 13.7 Å².